The van der Waals surface area contributed by atoms with E-state index < -0.39 is 12.2 Å². The first kappa shape index (κ1) is 21.7. The highest BCUT2D eigenvalue weighted by Gasteiger charge is 2.30. The van der Waals surface area contributed by atoms with Crippen LogP contribution in [-0.2, 0) is 17.8 Å². The van der Waals surface area contributed by atoms with Gasteiger partial charge in [0.05, 0.1) is 18.6 Å². The summed E-state index contributed by atoms with van der Waals surface area (Å²) in [6.07, 6.45) is 0.181. The number of β-amino-alcohol motifs (C(OH)–C–C–N with tert-alkyl or cyclic N) is 1. The zero-order chi connectivity index (χ0) is 22.5. The highest BCUT2D eigenvalue weighted by molar-refractivity contribution is 5.92. The summed E-state index contributed by atoms with van der Waals surface area (Å²) in [6, 6.07) is 16.9. The molecule has 0 bridgehead atoms. The maximum atomic E-state index is 12.6. The molecule has 2 heterocycles. The van der Waals surface area contributed by atoms with Gasteiger partial charge < -0.3 is 24.8 Å². The Morgan fingerprint density at radius 2 is 1.78 bits per heavy atom. The quantitative estimate of drug-likeness (QED) is 0.544. The first-order valence-electron chi connectivity index (χ1n) is 10.5. The Morgan fingerprint density at radius 3 is 2.50 bits per heavy atom. The zero-order valence-electron chi connectivity index (χ0n) is 17.5. The molecule has 0 saturated carbocycles. The van der Waals surface area contributed by atoms with E-state index in [1.54, 1.807) is 0 Å². The average Bonchev–Trinajstić information content (AvgIpc) is 3.30. The number of benzene rings is 2. The zero-order valence-corrected chi connectivity index (χ0v) is 17.5. The van der Waals surface area contributed by atoms with E-state index in [4.69, 9.17) is 4.42 Å². The molecule has 3 aromatic rings. The molecule has 1 saturated heterocycles. The van der Waals surface area contributed by atoms with Crippen molar-refractivity contribution in [1.82, 2.24) is 15.2 Å². The Bertz CT molecular complexity index is 1060. The van der Waals surface area contributed by atoms with Gasteiger partial charge in [0, 0.05) is 25.2 Å². The summed E-state index contributed by atoms with van der Waals surface area (Å²) >= 11 is 0. The summed E-state index contributed by atoms with van der Waals surface area (Å²) in [4.78, 5) is 30.4. The van der Waals surface area contributed by atoms with Gasteiger partial charge in [-0.15, -0.1) is 0 Å². The van der Waals surface area contributed by atoms with E-state index in [1.807, 2.05) is 54.6 Å². The van der Waals surface area contributed by atoms with Gasteiger partial charge in [0.1, 0.15) is 6.26 Å². The molecule has 166 valence electrons. The number of nitrogens with zero attached hydrogens (tertiary/aromatic N) is 2. The van der Waals surface area contributed by atoms with Gasteiger partial charge in [0.25, 0.3) is 5.91 Å². The Kier molecular flexibility index (Phi) is 6.63. The van der Waals surface area contributed by atoms with E-state index in [9.17, 15) is 19.8 Å². The van der Waals surface area contributed by atoms with Crippen molar-refractivity contribution < 1.29 is 24.2 Å². The van der Waals surface area contributed by atoms with E-state index in [1.165, 1.54) is 11.2 Å². The van der Waals surface area contributed by atoms with Crippen LogP contribution in [0.5, 0.6) is 0 Å². The van der Waals surface area contributed by atoms with Crippen LogP contribution in [0, 0.1) is 0 Å². The van der Waals surface area contributed by atoms with Crippen LogP contribution < -0.4 is 5.32 Å². The maximum Gasteiger partial charge on any atom is 0.275 e. The fourth-order valence-electron chi connectivity index (χ4n) is 3.58. The van der Waals surface area contributed by atoms with Gasteiger partial charge in [0.2, 0.25) is 11.8 Å². The fraction of sp³-hybridized carbons (Fsp3) is 0.292. The van der Waals surface area contributed by atoms with E-state index in [0.717, 1.165) is 11.1 Å². The molecule has 2 atom stereocenters. The van der Waals surface area contributed by atoms with Crippen LogP contribution in [-0.4, -0.2) is 57.2 Å². The summed E-state index contributed by atoms with van der Waals surface area (Å²) in [6.45, 7) is 0.821. The number of likely N-dealkylation sites (tertiary alicyclic amines) is 1. The van der Waals surface area contributed by atoms with E-state index >= 15 is 0 Å². The number of hydrogen-bond acceptors (Lipinski definition) is 6. The number of nitrogens with one attached hydrogen (secondary N) is 1. The van der Waals surface area contributed by atoms with E-state index in [0.29, 0.717) is 37.4 Å². The number of carbonyl (C=O) groups is 2. The Balaban J connectivity index is 1.33. The van der Waals surface area contributed by atoms with Crippen molar-refractivity contribution in [1.29, 1.82) is 0 Å². The summed E-state index contributed by atoms with van der Waals surface area (Å²) in [5.74, 6) is -0.0826. The van der Waals surface area contributed by atoms with Crippen molar-refractivity contribution in [3.63, 3.8) is 0 Å². The van der Waals surface area contributed by atoms with Gasteiger partial charge in [-0.1, -0.05) is 42.5 Å². The van der Waals surface area contributed by atoms with Crippen LogP contribution >= 0.6 is 0 Å². The molecule has 3 N–H and O–H groups in total. The van der Waals surface area contributed by atoms with Gasteiger partial charge in [-0.05, 0) is 29.7 Å². The molecule has 0 aliphatic carbocycles. The van der Waals surface area contributed by atoms with Crippen LogP contribution in [0.25, 0.3) is 11.5 Å². The smallest absolute Gasteiger partial charge is 0.275 e. The minimum Gasteiger partial charge on any atom is -0.444 e. The number of aliphatic hydroxyl groups excluding tert-OH is 2. The standard InChI is InChI=1S/C24H25N3O5/c28-20-10-11-27(14-21(20)29)24(31)19-15-32-23(26-19)18-8-6-17(7-9-18)13-25-22(30)12-16-4-2-1-3-5-16/h1-9,15,20-21,28-29H,10-14H2,(H,25,30)/t20-,21+/m1/s1. The lowest BCUT2D eigenvalue weighted by Crippen LogP contribution is -2.49. The highest BCUT2D eigenvalue weighted by Crippen LogP contribution is 2.21. The molecule has 0 radical (unpaired) electrons. The van der Waals surface area contributed by atoms with Gasteiger partial charge in [-0.3, -0.25) is 9.59 Å². The predicted molar refractivity (Wildman–Crippen MR) is 116 cm³/mol. The minimum absolute atomic E-state index is 0.0496. The van der Waals surface area contributed by atoms with Gasteiger partial charge >= 0.3 is 0 Å². The number of piperidine rings is 1. The van der Waals surface area contributed by atoms with Crippen LogP contribution in [0.3, 0.4) is 0 Å². The number of aromatic nitrogens is 1. The summed E-state index contributed by atoms with van der Waals surface area (Å²) in [5, 5.41) is 22.3. The van der Waals surface area contributed by atoms with Gasteiger partial charge in [0.15, 0.2) is 5.69 Å². The van der Waals surface area contributed by atoms with Crippen molar-refractivity contribution >= 4 is 11.8 Å². The second kappa shape index (κ2) is 9.76. The molecule has 1 aromatic heterocycles. The van der Waals surface area contributed by atoms with Gasteiger partial charge in [-0.2, -0.15) is 0 Å². The normalized spacial score (nSPS) is 18.4. The highest BCUT2D eigenvalue weighted by atomic mass is 16.3. The van der Waals surface area contributed by atoms with Crippen molar-refractivity contribution in [3.8, 4) is 11.5 Å². The molecule has 2 amide bonds. The Hall–Kier alpha value is -3.49. The van der Waals surface area contributed by atoms with Crippen molar-refractivity contribution in [2.75, 3.05) is 13.1 Å². The number of hydrogen-bond donors (Lipinski definition) is 3. The van der Waals surface area contributed by atoms with E-state index in [-0.39, 0.29) is 24.1 Å². The SMILES string of the molecule is O=C(Cc1ccccc1)NCc1ccc(-c2nc(C(=O)N3CC[C@@H](O)[C@@H](O)C3)co2)cc1. The van der Waals surface area contributed by atoms with Crippen molar-refractivity contribution in [3.05, 3.63) is 77.7 Å². The Labute approximate surface area is 185 Å². The topological polar surface area (TPSA) is 116 Å². The first-order valence-corrected chi connectivity index (χ1v) is 10.5. The third-order valence-electron chi connectivity index (χ3n) is 5.45. The van der Waals surface area contributed by atoms with Crippen LogP contribution in [0.1, 0.15) is 28.0 Å². The fourth-order valence-corrected chi connectivity index (χ4v) is 3.58. The number of rotatable bonds is 6. The molecule has 1 aliphatic rings. The maximum absolute atomic E-state index is 12.6. The summed E-state index contributed by atoms with van der Waals surface area (Å²) in [5.41, 5.74) is 2.75. The lowest BCUT2D eigenvalue weighted by Gasteiger charge is -2.32. The molecule has 4 rings (SSSR count). The number of oxazole rings is 1. The second-order valence-electron chi connectivity index (χ2n) is 7.85. The molecule has 8 nitrogen and oxygen atoms in total. The van der Waals surface area contributed by atoms with E-state index in [2.05, 4.69) is 10.3 Å². The molecule has 0 unspecified atom stereocenters. The van der Waals surface area contributed by atoms with Crippen LogP contribution in [0.2, 0.25) is 0 Å². The third-order valence-corrected chi connectivity index (χ3v) is 5.45. The number of carbonyl (C=O) groups excluding carboxylic acids is 2. The summed E-state index contributed by atoms with van der Waals surface area (Å²) in [7, 11) is 0. The van der Waals surface area contributed by atoms with Crippen molar-refractivity contribution in [2.24, 2.45) is 0 Å². The molecule has 1 fully saturated rings. The molecule has 8 heteroatoms. The molecular weight excluding hydrogens is 410 g/mol. The Morgan fingerprint density at radius 1 is 1.03 bits per heavy atom. The lowest BCUT2D eigenvalue weighted by molar-refractivity contribution is -0.120. The second-order valence-corrected chi connectivity index (χ2v) is 7.85. The third kappa shape index (κ3) is 5.22. The minimum atomic E-state index is -0.959. The average molecular weight is 435 g/mol. The largest absolute Gasteiger partial charge is 0.444 e. The molecule has 0 spiro atoms. The summed E-state index contributed by atoms with van der Waals surface area (Å²) < 4.78 is 5.47. The molecule has 2 aromatic carbocycles. The lowest BCUT2D eigenvalue weighted by atomic mass is 10.0. The van der Waals surface area contributed by atoms with Crippen molar-refractivity contribution in [2.45, 2.75) is 31.6 Å². The number of aliphatic hydroxyl groups is 2. The monoisotopic (exact) mass is 435 g/mol. The molecule has 32 heavy (non-hydrogen) atoms. The molecular formula is C24H25N3O5. The number of amides is 2. The predicted octanol–water partition coefficient (Wildman–Crippen LogP) is 1.77. The first-order chi connectivity index (χ1) is 15.5. The molecule has 1 aliphatic heterocycles. The van der Waals surface area contributed by atoms with Crippen LogP contribution in [0.4, 0.5) is 0 Å². The van der Waals surface area contributed by atoms with Gasteiger partial charge in [-0.25, -0.2) is 4.98 Å². The van der Waals surface area contributed by atoms with Crippen LogP contribution in [0.15, 0.2) is 65.3 Å².